The quantitative estimate of drug-likeness (QED) is 0.689. The molecule has 2 aromatic heterocycles. The van der Waals surface area contributed by atoms with Crippen molar-refractivity contribution in [3.8, 4) is 10.7 Å². The SMILES string of the molecule is CC(C)CC(CN(C)C)NC(=O)C(C)n1c(-c2cccs2)n[nH]c1=S. The molecule has 0 spiro atoms. The van der Waals surface area contributed by atoms with Crippen LogP contribution in [0.3, 0.4) is 0 Å². The average Bonchev–Trinajstić information content (AvgIpc) is 3.13. The lowest BCUT2D eigenvalue weighted by atomic mass is 10.0. The van der Waals surface area contributed by atoms with E-state index in [0.717, 1.165) is 17.8 Å². The minimum Gasteiger partial charge on any atom is -0.350 e. The van der Waals surface area contributed by atoms with Gasteiger partial charge in [0.2, 0.25) is 5.91 Å². The predicted molar refractivity (Wildman–Crippen MR) is 105 cm³/mol. The minimum absolute atomic E-state index is 0.0391. The third-order valence-electron chi connectivity index (χ3n) is 3.90. The molecule has 138 valence electrons. The van der Waals surface area contributed by atoms with Gasteiger partial charge >= 0.3 is 0 Å². The summed E-state index contributed by atoms with van der Waals surface area (Å²) in [5.74, 6) is 1.18. The molecular weight excluding hydrogens is 354 g/mol. The summed E-state index contributed by atoms with van der Waals surface area (Å²) in [6.07, 6.45) is 0.936. The normalized spacial score (nSPS) is 14.0. The van der Waals surface area contributed by atoms with Gasteiger partial charge in [-0.05, 0) is 57.0 Å². The maximum absolute atomic E-state index is 12.9. The first-order valence-electron chi connectivity index (χ1n) is 8.45. The Morgan fingerprint density at radius 3 is 2.72 bits per heavy atom. The first kappa shape index (κ1) is 19.8. The van der Waals surface area contributed by atoms with E-state index in [1.54, 1.807) is 15.9 Å². The van der Waals surface area contributed by atoms with Gasteiger partial charge in [-0.2, -0.15) is 5.10 Å². The topological polar surface area (TPSA) is 66.0 Å². The summed E-state index contributed by atoms with van der Waals surface area (Å²) < 4.78 is 2.25. The number of nitrogens with zero attached hydrogens (tertiary/aromatic N) is 3. The van der Waals surface area contributed by atoms with E-state index < -0.39 is 6.04 Å². The van der Waals surface area contributed by atoms with Crippen LogP contribution in [0.1, 0.15) is 33.2 Å². The highest BCUT2D eigenvalue weighted by Crippen LogP contribution is 2.25. The Bertz CT molecular complexity index is 723. The molecule has 0 radical (unpaired) electrons. The number of H-pyrrole nitrogens is 1. The van der Waals surface area contributed by atoms with Crippen LogP contribution in [-0.2, 0) is 4.79 Å². The van der Waals surface area contributed by atoms with Crippen molar-refractivity contribution in [3.63, 3.8) is 0 Å². The van der Waals surface area contributed by atoms with Crippen LogP contribution in [0.15, 0.2) is 17.5 Å². The fourth-order valence-corrected chi connectivity index (χ4v) is 3.87. The van der Waals surface area contributed by atoms with Crippen molar-refractivity contribution in [2.75, 3.05) is 20.6 Å². The molecule has 0 fully saturated rings. The highest BCUT2D eigenvalue weighted by molar-refractivity contribution is 7.71. The van der Waals surface area contributed by atoms with Gasteiger partial charge in [-0.15, -0.1) is 11.3 Å². The van der Waals surface area contributed by atoms with Crippen molar-refractivity contribution in [2.24, 2.45) is 5.92 Å². The van der Waals surface area contributed by atoms with E-state index in [0.29, 0.717) is 16.5 Å². The Labute approximate surface area is 158 Å². The second-order valence-electron chi connectivity index (χ2n) is 6.97. The van der Waals surface area contributed by atoms with E-state index in [-0.39, 0.29) is 11.9 Å². The van der Waals surface area contributed by atoms with Gasteiger partial charge in [-0.1, -0.05) is 19.9 Å². The zero-order valence-electron chi connectivity index (χ0n) is 15.4. The fourth-order valence-electron chi connectivity index (χ4n) is 2.87. The number of carbonyl (C=O) groups is 1. The highest BCUT2D eigenvalue weighted by atomic mass is 32.1. The molecule has 2 unspecified atom stereocenters. The second-order valence-corrected chi connectivity index (χ2v) is 8.31. The lowest BCUT2D eigenvalue weighted by Crippen LogP contribution is -2.45. The zero-order chi connectivity index (χ0) is 18.6. The van der Waals surface area contributed by atoms with Gasteiger partial charge in [0.05, 0.1) is 4.88 Å². The Balaban J connectivity index is 2.19. The lowest BCUT2D eigenvalue weighted by molar-refractivity contribution is -0.124. The van der Waals surface area contributed by atoms with Crippen LogP contribution in [0.5, 0.6) is 0 Å². The number of carbonyl (C=O) groups excluding carboxylic acids is 1. The van der Waals surface area contributed by atoms with Crippen LogP contribution in [-0.4, -0.2) is 52.3 Å². The third-order valence-corrected chi connectivity index (χ3v) is 5.05. The van der Waals surface area contributed by atoms with Crippen LogP contribution < -0.4 is 5.32 Å². The maximum atomic E-state index is 12.9. The predicted octanol–water partition coefficient (Wildman–Crippen LogP) is 3.32. The summed E-state index contributed by atoms with van der Waals surface area (Å²) in [4.78, 5) is 15.9. The number of hydrogen-bond donors (Lipinski definition) is 2. The molecule has 0 aromatic carbocycles. The van der Waals surface area contributed by atoms with E-state index in [1.165, 1.54) is 0 Å². The molecule has 0 saturated heterocycles. The Hall–Kier alpha value is -1.51. The first-order chi connectivity index (χ1) is 11.8. The zero-order valence-corrected chi connectivity index (χ0v) is 17.1. The van der Waals surface area contributed by atoms with Crippen molar-refractivity contribution < 1.29 is 4.79 Å². The number of thiophene rings is 1. The van der Waals surface area contributed by atoms with Crippen molar-refractivity contribution in [1.82, 2.24) is 25.0 Å². The number of amides is 1. The van der Waals surface area contributed by atoms with Gasteiger partial charge in [0.25, 0.3) is 0 Å². The monoisotopic (exact) mass is 381 g/mol. The van der Waals surface area contributed by atoms with Crippen molar-refractivity contribution in [3.05, 3.63) is 22.3 Å². The number of aromatic amines is 1. The molecule has 2 rings (SSSR count). The summed E-state index contributed by atoms with van der Waals surface area (Å²) in [6, 6.07) is 3.61. The van der Waals surface area contributed by atoms with Gasteiger partial charge in [0.1, 0.15) is 6.04 Å². The molecular formula is C17H27N5OS2. The van der Waals surface area contributed by atoms with Crippen molar-refractivity contribution >= 4 is 29.5 Å². The maximum Gasteiger partial charge on any atom is 0.243 e. The van der Waals surface area contributed by atoms with Crippen molar-refractivity contribution in [2.45, 2.75) is 39.3 Å². The molecule has 0 aliphatic carbocycles. The van der Waals surface area contributed by atoms with Gasteiger partial charge in [-0.3, -0.25) is 14.5 Å². The fraction of sp³-hybridized carbons (Fsp3) is 0.588. The number of hydrogen-bond acceptors (Lipinski definition) is 5. The third kappa shape index (κ3) is 5.23. The van der Waals surface area contributed by atoms with Crippen LogP contribution in [0, 0.1) is 10.7 Å². The summed E-state index contributed by atoms with van der Waals surface area (Å²) in [7, 11) is 4.04. The molecule has 8 heteroatoms. The molecule has 0 saturated carbocycles. The average molecular weight is 382 g/mol. The van der Waals surface area contributed by atoms with Crippen LogP contribution >= 0.6 is 23.6 Å². The standard InChI is InChI=1S/C17H27N5OS2/c1-11(2)9-13(10-21(4)5)18-16(23)12(3)22-15(19-20-17(22)24)14-7-6-8-25-14/h6-8,11-13H,9-10H2,1-5H3,(H,18,23)(H,20,24). The Kier molecular flexibility index (Phi) is 6.92. The van der Waals surface area contributed by atoms with Gasteiger partial charge in [-0.25, -0.2) is 0 Å². The summed E-state index contributed by atoms with van der Waals surface area (Å²) >= 11 is 6.93. The molecule has 25 heavy (non-hydrogen) atoms. The molecule has 2 aromatic rings. The molecule has 2 N–H and O–H groups in total. The van der Waals surface area contributed by atoms with Crippen molar-refractivity contribution in [1.29, 1.82) is 0 Å². The molecule has 2 atom stereocenters. The largest absolute Gasteiger partial charge is 0.350 e. The van der Waals surface area contributed by atoms with Gasteiger partial charge in [0, 0.05) is 12.6 Å². The molecule has 1 amide bonds. The van der Waals surface area contributed by atoms with Crippen LogP contribution in [0.25, 0.3) is 10.7 Å². The Morgan fingerprint density at radius 2 is 2.16 bits per heavy atom. The molecule has 6 nitrogen and oxygen atoms in total. The number of rotatable bonds is 8. The summed E-state index contributed by atoms with van der Waals surface area (Å²) in [5, 5.41) is 12.3. The van der Waals surface area contributed by atoms with E-state index in [4.69, 9.17) is 12.2 Å². The Morgan fingerprint density at radius 1 is 1.44 bits per heavy atom. The molecule has 0 aliphatic heterocycles. The number of nitrogens with one attached hydrogen (secondary N) is 2. The summed E-state index contributed by atoms with van der Waals surface area (Å²) in [5.41, 5.74) is 0. The first-order valence-corrected chi connectivity index (χ1v) is 9.74. The van der Waals surface area contributed by atoms with Gasteiger partial charge in [0.15, 0.2) is 10.6 Å². The van der Waals surface area contributed by atoms with Crippen LogP contribution in [0.2, 0.25) is 0 Å². The number of likely N-dealkylation sites (N-methyl/N-ethyl adjacent to an activating group) is 1. The molecule has 0 aliphatic rings. The summed E-state index contributed by atoms with van der Waals surface area (Å²) in [6.45, 7) is 7.00. The second kappa shape index (κ2) is 8.73. The van der Waals surface area contributed by atoms with E-state index in [2.05, 4.69) is 34.3 Å². The molecule has 0 bridgehead atoms. The smallest absolute Gasteiger partial charge is 0.243 e. The van der Waals surface area contributed by atoms with Gasteiger partial charge < -0.3 is 10.2 Å². The van der Waals surface area contributed by atoms with E-state index in [1.807, 2.05) is 38.5 Å². The number of aromatic nitrogens is 3. The van der Waals surface area contributed by atoms with E-state index >= 15 is 0 Å². The van der Waals surface area contributed by atoms with E-state index in [9.17, 15) is 4.79 Å². The highest BCUT2D eigenvalue weighted by Gasteiger charge is 2.24. The lowest BCUT2D eigenvalue weighted by Gasteiger charge is -2.26. The molecule has 2 heterocycles. The van der Waals surface area contributed by atoms with Crippen LogP contribution in [0.4, 0.5) is 0 Å². The minimum atomic E-state index is -0.430.